The molecule has 0 saturated heterocycles. The Hall–Kier alpha value is -2.54. The molecule has 0 spiro atoms. The zero-order chi connectivity index (χ0) is 16.2. The highest BCUT2D eigenvalue weighted by molar-refractivity contribution is 9.10. The third kappa shape index (κ3) is 3.81. The van der Waals surface area contributed by atoms with Gasteiger partial charge in [-0.05, 0) is 52.7 Å². The molecule has 2 aromatic carbocycles. The molecule has 0 bridgehead atoms. The van der Waals surface area contributed by atoms with Crippen molar-refractivity contribution in [1.29, 1.82) is 0 Å². The number of hydrogen-bond donors (Lipinski definition) is 1. The zero-order valence-electron chi connectivity index (χ0n) is 12.4. The number of aromatic nitrogens is 4. The van der Waals surface area contributed by atoms with E-state index in [-0.39, 0.29) is 5.91 Å². The average Bonchev–Trinajstić information content (AvgIpc) is 3.06. The molecular formula is C16H14BrN5O. The van der Waals surface area contributed by atoms with Crippen molar-refractivity contribution in [1.82, 2.24) is 20.2 Å². The largest absolute Gasteiger partial charge is 0.326 e. The summed E-state index contributed by atoms with van der Waals surface area (Å²) in [7, 11) is 0. The molecule has 0 fully saturated rings. The Morgan fingerprint density at radius 2 is 2.00 bits per heavy atom. The van der Waals surface area contributed by atoms with Crippen LogP contribution in [0.1, 0.15) is 11.1 Å². The smallest absolute Gasteiger partial charge is 0.228 e. The van der Waals surface area contributed by atoms with Crippen LogP contribution < -0.4 is 5.32 Å². The molecule has 7 heteroatoms. The second kappa shape index (κ2) is 6.70. The molecular weight excluding hydrogens is 358 g/mol. The van der Waals surface area contributed by atoms with Crippen molar-refractivity contribution in [2.45, 2.75) is 13.3 Å². The molecule has 0 aliphatic rings. The van der Waals surface area contributed by atoms with Crippen molar-refractivity contribution in [3.63, 3.8) is 0 Å². The Morgan fingerprint density at radius 3 is 2.70 bits per heavy atom. The molecule has 0 saturated carbocycles. The van der Waals surface area contributed by atoms with Crippen LogP contribution in [0.15, 0.2) is 53.3 Å². The van der Waals surface area contributed by atoms with Crippen LogP contribution in [-0.4, -0.2) is 26.1 Å². The van der Waals surface area contributed by atoms with Crippen molar-refractivity contribution >= 4 is 27.5 Å². The highest BCUT2D eigenvalue weighted by Crippen LogP contribution is 2.18. The van der Waals surface area contributed by atoms with Crippen molar-refractivity contribution < 1.29 is 4.79 Å². The van der Waals surface area contributed by atoms with Crippen molar-refractivity contribution in [2.75, 3.05) is 5.32 Å². The fourth-order valence-corrected chi connectivity index (χ4v) is 2.46. The SMILES string of the molecule is Cc1ccc(NC(=O)Cc2ccc(Br)cc2)cc1-n1cnnn1. The molecule has 1 aromatic heterocycles. The first kappa shape index (κ1) is 15.4. The summed E-state index contributed by atoms with van der Waals surface area (Å²) in [5.41, 5.74) is 3.52. The summed E-state index contributed by atoms with van der Waals surface area (Å²) in [4.78, 5) is 12.2. The molecule has 0 atom stereocenters. The third-order valence-corrected chi connectivity index (χ3v) is 3.90. The van der Waals surface area contributed by atoms with Gasteiger partial charge >= 0.3 is 0 Å². The first-order chi connectivity index (χ1) is 11.1. The van der Waals surface area contributed by atoms with Gasteiger partial charge in [0.2, 0.25) is 5.91 Å². The van der Waals surface area contributed by atoms with E-state index >= 15 is 0 Å². The van der Waals surface area contributed by atoms with E-state index in [4.69, 9.17) is 0 Å². The number of tetrazole rings is 1. The van der Waals surface area contributed by atoms with Gasteiger partial charge in [0.05, 0.1) is 12.1 Å². The molecule has 0 aliphatic heterocycles. The van der Waals surface area contributed by atoms with Crippen molar-refractivity contribution in [3.05, 3.63) is 64.4 Å². The van der Waals surface area contributed by atoms with E-state index < -0.39 is 0 Å². The summed E-state index contributed by atoms with van der Waals surface area (Å²) >= 11 is 3.38. The minimum absolute atomic E-state index is 0.0705. The highest BCUT2D eigenvalue weighted by Gasteiger charge is 2.08. The van der Waals surface area contributed by atoms with Crippen molar-refractivity contribution in [2.24, 2.45) is 0 Å². The fourth-order valence-electron chi connectivity index (χ4n) is 2.20. The number of rotatable bonds is 4. The second-order valence-electron chi connectivity index (χ2n) is 5.11. The number of anilines is 1. The molecule has 23 heavy (non-hydrogen) atoms. The first-order valence-corrected chi connectivity index (χ1v) is 7.79. The van der Waals surface area contributed by atoms with Crippen LogP contribution >= 0.6 is 15.9 Å². The van der Waals surface area contributed by atoms with E-state index in [9.17, 15) is 4.79 Å². The normalized spacial score (nSPS) is 10.5. The maximum Gasteiger partial charge on any atom is 0.228 e. The number of carbonyl (C=O) groups is 1. The molecule has 0 unspecified atom stereocenters. The van der Waals surface area contributed by atoms with Gasteiger partial charge in [-0.3, -0.25) is 4.79 Å². The number of amides is 1. The number of halogens is 1. The minimum Gasteiger partial charge on any atom is -0.326 e. The van der Waals surface area contributed by atoms with Gasteiger partial charge in [-0.2, -0.15) is 0 Å². The Labute approximate surface area is 141 Å². The van der Waals surface area contributed by atoms with E-state index in [2.05, 4.69) is 36.8 Å². The minimum atomic E-state index is -0.0705. The van der Waals surface area contributed by atoms with Gasteiger partial charge in [-0.25, -0.2) is 4.68 Å². The molecule has 1 amide bonds. The van der Waals surface area contributed by atoms with Crippen molar-refractivity contribution in [3.8, 4) is 5.69 Å². The van der Waals surface area contributed by atoms with Crippen LogP contribution in [0, 0.1) is 6.92 Å². The summed E-state index contributed by atoms with van der Waals surface area (Å²) < 4.78 is 2.56. The summed E-state index contributed by atoms with van der Waals surface area (Å²) in [5, 5.41) is 14.1. The summed E-state index contributed by atoms with van der Waals surface area (Å²) in [6.07, 6.45) is 1.84. The lowest BCUT2D eigenvalue weighted by atomic mass is 10.1. The van der Waals surface area contributed by atoms with E-state index in [1.807, 2.05) is 49.4 Å². The predicted octanol–water partition coefficient (Wildman–Crippen LogP) is 2.91. The molecule has 0 radical (unpaired) electrons. The second-order valence-corrected chi connectivity index (χ2v) is 6.02. The Balaban J connectivity index is 1.74. The summed E-state index contributed by atoms with van der Waals surface area (Å²) in [6.45, 7) is 1.96. The Kier molecular flexibility index (Phi) is 4.47. The molecule has 3 aromatic rings. The van der Waals surface area contributed by atoms with Crippen LogP contribution in [0.2, 0.25) is 0 Å². The lowest BCUT2D eigenvalue weighted by Gasteiger charge is -2.09. The monoisotopic (exact) mass is 371 g/mol. The fraction of sp³-hybridized carbons (Fsp3) is 0.125. The van der Waals surface area contributed by atoms with Gasteiger partial charge in [-0.15, -0.1) is 5.10 Å². The topological polar surface area (TPSA) is 72.7 Å². The van der Waals surface area contributed by atoms with Gasteiger partial charge in [0.1, 0.15) is 6.33 Å². The molecule has 6 nitrogen and oxygen atoms in total. The lowest BCUT2D eigenvalue weighted by molar-refractivity contribution is -0.115. The van der Waals surface area contributed by atoms with Gasteiger partial charge in [0.25, 0.3) is 0 Å². The van der Waals surface area contributed by atoms with E-state index in [1.165, 1.54) is 6.33 Å². The molecule has 116 valence electrons. The lowest BCUT2D eigenvalue weighted by Crippen LogP contribution is -2.14. The number of benzene rings is 2. The number of hydrogen-bond acceptors (Lipinski definition) is 4. The van der Waals surface area contributed by atoms with Crippen LogP contribution in [-0.2, 0) is 11.2 Å². The number of nitrogens with zero attached hydrogens (tertiary/aromatic N) is 4. The van der Waals surface area contributed by atoms with E-state index in [1.54, 1.807) is 4.68 Å². The first-order valence-electron chi connectivity index (χ1n) is 7.00. The maximum absolute atomic E-state index is 12.2. The van der Waals surface area contributed by atoms with Gasteiger partial charge < -0.3 is 5.32 Å². The third-order valence-electron chi connectivity index (χ3n) is 3.37. The Bertz CT molecular complexity index is 815. The van der Waals surface area contributed by atoms with Gasteiger partial charge in [0, 0.05) is 10.2 Å². The zero-order valence-corrected chi connectivity index (χ0v) is 14.0. The van der Waals surface area contributed by atoms with Crippen LogP contribution in [0.5, 0.6) is 0 Å². The summed E-state index contributed by atoms with van der Waals surface area (Å²) in [5.74, 6) is -0.0705. The molecule has 1 heterocycles. The van der Waals surface area contributed by atoms with Crippen LogP contribution in [0.3, 0.4) is 0 Å². The predicted molar refractivity (Wildman–Crippen MR) is 90.4 cm³/mol. The van der Waals surface area contributed by atoms with Crippen LogP contribution in [0.25, 0.3) is 5.69 Å². The quantitative estimate of drug-likeness (QED) is 0.765. The van der Waals surface area contributed by atoms with E-state index in [0.717, 1.165) is 21.3 Å². The maximum atomic E-state index is 12.2. The van der Waals surface area contributed by atoms with E-state index in [0.29, 0.717) is 12.1 Å². The molecule has 0 aliphatic carbocycles. The van der Waals surface area contributed by atoms with Gasteiger partial charge in [0.15, 0.2) is 0 Å². The van der Waals surface area contributed by atoms with Crippen LogP contribution in [0.4, 0.5) is 5.69 Å². The number of nitrogens with one attached hydrogen (secondary N) is 1. The molecule has 3 rings (SSSR count). The Morgan fingerprint density at radius 1 is 1.22 bits per heavy atom. The summed E-state index contributed by atoms with van der Waals surface area (Å²) in [6, 6.07) is 13.3. The van der Waals surface area contributed by atoms with Gasteiger partial charge in [-0.1, -0.05) is 34.1 Å². The highest BCUT2D eigenvalue weighted by atomic mass is 79.9. The number of aryl methyl sites for hydroxylation is 1. The standard InChI is InChI=1S/C16H14BrN5O/c1-11-2-7-14(9-15(11)22-10-18-20-21-22)19-16(23)8-12-3-5-13(17)6-4-12/h2-7,9-10H,8H2,1H3,(H,19,23). The average molecular weight is 372 g/mol. The molecule has 1 N–H and O–H groups in total. The number of carbonyl (C=O) groups excluding carboxylic acids is 1.